The molecule has 0 radical (unpaired) electrons. The Balaban J connectivity index is 1.81. The average Bonchev–Trinajstić information content (AvgIpc) is 2.55. The zero-order valence-corrected chi connectivity index (χ0v) is 13.6. The molecule has 0 spiro atoms. The van der Waals surface area contributed by atoms with Crippen molar-refractivity contribution in [3.8, 4) is 5.75 Å². The minimum Gasteiger partial charge on any atom is -0.462 e. The van der Waals surface area contributed by atoms with Crippen molar-refractivity contribution in [1.82, 2.24) is 0 Å². The van der Waals surface area contributed by atoms with Gasteiger partial charge >= 0.3 is 0 Å². The van der Waals surface area contributed by atoms with E-state index >= 15 is 0 Å². The number of fused-ring (bicyclic) bond motifs is 1. The lowest BCUT2D eigenvalue weighted by molar-refractivity contribution is -0.277. The van der Waals surface area contributed by atoms with E-state index in [-0.39, 0.29) is 0 Å². The van der Waals surface area contributed by atoms with Gasteiger partial charge in [0.2, 0.25) is 6.29 Å². The summed E-state index contributed by atoms with van der Waals surface area (Å²) in [6, 6.07) is 11.1. The van der Waals surface area contributed by atoms with Gasteiger partial charge in [0.05, 0.1) is 6.61 Å². The second-order valence-electron chi connectivity index (χ2n) is 5.47. The summed E-state index contributed by atoms with van der Waals surface area (Å²) in [6.45, 7) is -0.490. The zero-order chi connectivity index (χ0) is 16.6. The lowest BCUT2D eigenvalue weighted by atomic mass is 9.99. The maximum atomic E-state index is 9.98. The average molecular weight is 385 g/mol. The number of benzene rings is 2. The summed E-state index contributed by atoms with van der Waals surface area (Å²) in [5.41, 5.74) is 0. The predicted octanol–water partition coefficient (Wildman–Crippen LogP) is 0.781. The largest absolute Gasteiger partial charge is 0.462 e. The van der Waals surface area contributed by atoms with Crippen LogP contribution < -0.4 is 4.74 Å². The highest BCUT2D eigenvalue weighted by Crippen LogP contribution is 2.28. The number of hydrogen-bond acceptors (Lipinski definition) is 6. The maximum Gasteiger partial charge on any atom is 0.229 e. The molecule has 0 aliphatic carbocycles. The lowest BCUT2D eigenvalue weighted by Crippen LogP contribution is -2.60. The molecular weight excluding hydrogens is 368 g/mol. The van der Waals surface area contributed by atoms with E-state index in [1.165, 1.54) is 0 Å². The van der Waals surface area contributed by atoms with Crippen molar-refractivity contribution >= 4 is 26.7 Å². The molecule has 0 unspecified atom stereocenters. The van der Waals surface area contributed by atoms with Crippen LogP contribution in [0.25, 0.3) is 10.8 Å². The highest BCUT2D eigenvalue weighted by Gasteiger charge is 2.44. The van der Waals surface area contributed by atoms with Gasteiger partial charge in [-0.05, 0) is 35.0 Å². The van der Waals surface area contributed by atoms with Gasteiger partial charge in [-0.25, -0.2) is 0 Å². The number of halogens is 1. The monoisotopic (exact) mass is 384 g/mol. The van der Waals surface area contributed by atoms with Crippen LogP contribution in [0.4, 0.5) is 0 Å². The number of aliphatic hydroxyl groups is 4. The predicted molar refractivity (Wildman–Crippen MR) is 86.0 cm³/mol. The highest BCUT2D eigenvalue weighted by molar-refractivity contribution is 9.10. The van der Waals surface area contributed by atoms with E-state index in [1.807, 2.05) is 24.3 Å². The van der Waals surface area contributed by atoms with Crippen LogP contribution in [0.3, 0.4) is 0 Å². The topological polar surface area (TPSA) is 99.4 Å². The molecule has 5 atom stereocenters. The number of rotatable bonds is 3. The third-order valence-electron chi connectivity index (χ3n) is 3.87. The molecule has 23 heavy (non-hydrogen) atoms. The summed E-state index contributed by atoms with van der Waals surface area (Å²) in [4.78, 5) is 0. The second-order valence-corrected chi connectivity index (χ2v) is 6.38. The molecule has 1 aliphatic heterocycles. The van der Waals surface area contributed by atoms with Crippen LogP contribution in [0.1, 0.15) is 0 Å². The van der Waals surface area contributed by atoms with E-state index < -0.39 is 37.3 Å². The van der Waals surface area contributed by atoms with Crippen molar-refractivity contribution in [3.05, 3.63) is 40.9 Å². The minimum atomic E-state index is -1.46. The van der Waals surface area contributed by atoms with Crippen molar-refractivity contribution in [2.75, 3.05) is 6.61 Å². The van der Waals surface area contributed by atoms with E-state index in [4.69, 9.17) is 9.47 Å². The molecule has 6 nitrogen and oxygen atoms in total. The number of aliphatic hydroxyl groups excluding tert-OH is 4. The first-order valence-corrected chi connectivity index (χ1v) is 7.95. The summed E-state index contributed by atoms with van der Waals surface area (Å²) >= 11 is 3.41. The first-order chi connectivity index (χ1) is 11.0. The summed E-state index contributed by atoms with van der Waals surface area (Å²) in [7, 11) is 0. The van der Waals surface area contributed by atoms with Gasteiger partial charge in [0.25, 0.3) is 0 Å². The summed E-state index contributed by atoms with van der Waals surface area (Å²) in [6.07, 6.45) is -6.45. The van der Waals surface area contributed by atoms with Crippen LogP contribution in [-0.2, 0) is 4.74 Å². The standard InChI is InChI=1S/C16H17BrO6/c17-10-3-1-9-6-11(4-2-8(9)5-10)22-16-15(21)14(20)13(19)12(7-18)23-16/h1-6,12-16,18-21H,7H2/t12-,13+,14+,15+,16-/m0/s1. The molecule has 0 aromatic heterocycles. The summed E-state index contributed by atoms with van der Waals surface area (Å²) in [5, 5.41) is 40.6. The van der Waals surface area contributed by atoms with E-state index in [1.54, 1.807) is 12.1 Å². The Hall–Kier alpha value is -1.22. The molecule has 7 heteroatoms. The van der Waals surface area contributed by atoms with Crippen LogP contribution >= 0.6 is 15.9 Å². The Bertz CT molecular complexity index is 691. The normalized spacial score (nSPS) is 31.3. The van der Waals surface area contributed by atoms with Crippen molar-refractivity contribution < 1.29 is 29.9 Å². The fourth-order valence-corrected chi connectivity index (χ4v) is 2.95. The van der Waals surface area contributed by atoms with Gasteiger partial charge in [-0.2, -0.15) is 0 Å². The molecule has 1 aliphatic rings. The van der Waals surface area contributed by atoms with Crippen LogP contribution in [0.5, 0.6) is 5.75 Å². The Kier molecular flexibility index (Phi) is 4.86. The van der Waals surface area contributed by atoms with Crippen molar-refractivity contribution in [2.24, 2.45) is 0 Å². The van der Waals surface area contributed by atoms with E-state index in [2.05, 4.69) is 15.9 Å². The molecule has 124 valence electrons. The van der Waals surface area contributed by atoms with Gasteiger partial charge in [0.15, 0.2) is 0 Å². The van der Waals surface area contributed by atoms with Crippen LogP contribution in [0.2, 0.25) is 0 Å². The summed E-state index contributed by atoms with van der Waals surface area (Å²) in [5.74, 6) is 0.448. The first-order valence-electron chi connectivity index (χ1n) is 7.16. The van der Waals surface area contributed by atoms with E-state index in [0.717, 1.165) is 15.2 Å². The third-order valence-corrected chi connectivity index (χ3v) is 4.37. The Morgan fingerprint density at radius 1 is 0.957 bits per heavy atom. The molecule has 0 bridgehead atoms. The van der Waals surface area contributed by atoms with Gasteiger partial charge in [-0.1, -0.05) is 28.1 Å². The molecule has 1 heterocycles. The minimum absolute atomic E-state index is 0.448. The molecule has 1 saturated heterocycles. The van der Waals surface area contributed by atoms with Crippen LogP contribution in [0, 0.1) is 0 Å². The molecule has 2 aromatic rings. The third kappa shape index (κ3) is 3.35. The van der Waals surface area contributed by atoms with Crippen molar-refractivity contribution in [3.63, 3.8) is 0 Å². The molecule has 1 fully saturated rings. The highest BCUT2D eigenvalue weighted by atomic mass is 79.9. The zero-order valence-electron chi connectivity index (χ0n) is 12.0. The van der Waals surface area contributed by atoms with Gasteiger partial charge < -0.3 is 29.9 Å². The molecule has 4 N–H and O–H groups in total. The molecule has 0 saturated carbocycles. The first kappa shape index (κ1) is 16.6. The second kappa shape index (κ2) is 6.72. The fraction of sp³-hybridized carbons (Fsp3) is 0.375. The van der Waals surface area contributed by atoms with Gasteiger partial charge in [0.1, 0.15) is 30.2 Å². The Labute approximate surface area is 141 Å². The molecule has 3 rings (SSSR count). The molecule has 2 aromatic carbocycles. The van der Waals surface area contributed by atoms with Crippen LogP contribution in [-0.4, -0.2) is 57.7 Å². The fourth-order valence-electron chi connectivity index (χ4n) is 2.57. The van der Waals surface area contributed by atoms with Gasteiger partial charge in [0, 0.05) is 4.47 Å². The maximum absolute atomic E-state index is 9.98. The van der Waals surface area contributed by atoms with Crippen molar-refractivity contribution in [2.45, 2.75) is 30.7 Å². The smallest absolute Gasteiger partial charge is 0.229 e. The van der Waals surface area contributed by atoms with Gasteiger partial charge in [-0.3, -0.25) is 0 Å². The number of ether oxygens (including phenoxy) is 2. The van der Waals surface area contributed by atoms with E-state index in [0.29, 0.717) is 5.75 Å². The SMILES string of the molecule is OC[C@@H]1O[C@H](Oc2ccc3cc(Br)ccc3c2)[C@H](O)[C@H](O)[C@@H]1O. The molecule has 0 amide bonds. The quantitative estimate of drug-likeness (QED) is 0.624. The van der Waals surface area contributed by atoms with Crippen molar-refractivity contribution in [1.29, 1.82) is 0 Å². The van der Waals surface area contributed by atoms with Gasteiger partial charge in [-0.15, -0.1) is 0 Å². The van der Waals surface area contributed by atoms with E-state index in [9.17, 15) is 20.4 Å². The Morgan fingerprint density at radius 2 is 1.65 bits per heavy atom. The summed E-state index contributed by atoms with van der Waals surface area (Å²) < 4.78 is 11.9. The Morgan fingerprint density at radius 3 is 2.39 bits per heavy atom. The lowest BCUT2D eigenvalue weighted by Gasteiger charge is -2.39. The van der Waals surface area contributed by atoms with Crippen LogP contribution in [0.15, 0.2) is 40.9 Å². The number of hydrogen-bond donors (Lipinski definition) is 4. The molecular formula is C16H17BrO6.